The van der Waals surface area contributed by atoms with Crippen molar-refractivity contribution in [1.82, 2.24) is 5.32 Å². The van der Waals surface area contributed by atoms with Crippen molar-refractivity contribution >= 4 is 16.7 Å². The van der Waals surface area contributed by atoms with Crippen LogP contribution in [0.3, 0.4) is 0 Å². The number of carbonyl (C=O) groups is 1. The third-order valence-electron chi connectivity index (χ3n) is 4.67. The Labute approximate surface area is 165 Å². The van der Waals surface area contributed by atoms with E-state index < -0.39 is 6.10 Å². The summed E-state index contributed by atoms with van der Waals surface area (Å²) < 4.78 is 16.4. The predicted molar refractivity (Wildman–Crippen MR) is 110 cm³/mol. The van der Waals surface area contributed by atoms with Crippen molar-refractivity contribution in [2.45, 2.75) is 26.0 Å². The highest BCUT2D eigenvalue weighted by Gasteiger charge is 2.19. The second-order valence-corrected chi connectivity index (χ2v) is 6.61. The molecule has 0 aromatic heterocycles. The fraction of sp³-hybridized carbons (Fsp3) is 0.261. The number of methoxy groups -OCH3 is 2. The van der Waals surface area contributed by atoms with E-state index in [9.17, 15) is 4.79 Å². The molecule has 0 aliphatic carbocycles. The van der Waals surface area contributed by atoms with Crippen LogP contribution in [-0.2, 0) is 4.79 Å². The van der Waals surface area contributed by atoms with Crippen molar-refractivity contribution in [2.75, 3.05) is 14.2 Å². The lowest BCUT2D eigenvalue weighted by atomic mass is 10.1. The van der Waals surface area contributed by atoms with E-state index in [1.807, 2.05) is 67.6 Å². The molecule has 146 valence electrons. The molecule has 3 aromatic carbocycles. The molecule has 0 saturated carbocycles. The quantitative estimate of drug-likeness (QED) is 0.657. The smallest absolute Gasteiger partial charge is 0.261 e. The molecule has 2 atom stereocenters. The zero-order chi connectivity index (χ0) is 20.1. The molecule has 0 aliphatic rings. The summed E-state index contributed by atoms with van der Waals surface area (Å²) in [5.41, 5.74) is 0.920. The topological polar surface area (TPSA) is 56.8 Å². The molecule has 3 aromatic rings. The van der Waals surface area contributed by atoms with Crippen LogP contribution in [0.25, 0.3) is 10.8 Å². The summed E-state index contributed by atoms with van der Waals surface area (Å²) in [5, 5.41) is 5.19. The van der Waals surface area contributed by atoms with Crippen molar-refractivity contribution < 1.29 is 19.0 Å². The summed E-state index contributed by atoms with van der Waals surface area (Å²) in [5.74, 6) is 1.76. The van der Waals surface area contributed by atoms with Gasteiger partial charge in [0.2, 0.25) is 0 Å². The Morgan fingerprint density at radius 2 is 1.57 bits per heavy atom. The fourth-order valence-electron chi connectivity index (χ4n) is 3.03. The Balaban J connectivity index is 1.65. The van der Waals surface area contributed by atoms with E-state index in [0.29, 0.717) is 17.2 Å². The average molecular weight is 379 g/mol. The minimum Gasteiger partial charge on any atom is -0.493 e. The summed E-state index contributed by atoms with van der Waals surface area (Å²) >= 11 is 0. The molecule has 0 aliphatic heterocycles. The van der Waals surface area contributed by atoms with Crippen molar-refractivity contribution in [3.05, 3.63) is 66.2 Å². The maximum atomic E-state index is 12.6. The normalized spacial score (nSPS) is 12.9. The first-order chi connectivity index (χ1) is 13.5. The number of fused-ring (bicyclic) bond motifs is 1. The molecule has 0 fully saturated rings. The maximum absolute atomic E-state index is 12.6. The average Bonchev–Trinajstić information content (AvgIpc) is 2.72. The van der Waals surface area contributed by atoms with Crippen LogP contribution in [0.5, 0.6) is 17.2 Å². The number of hydrogen-bond acceptors (Lipinski definition) is 4. The van der Waals surface area contributed by atoms with Crippen LogP contribution in [-0.4, -0.2) is 26.2 Å². The molecule has 3 rings (SSSR count). The van der Waals surface area contributed by atoms with Gasteiger partial charge in [0.05, 0.1) is 20.3 Å². The van der Waals surface area contributed by atoms with Gasteiger partial charge in [0.25, 0.3) is 5.91 Å². The molecular formula is C23H25NO4. The minimum absolute atomic E-state index is 0.185. The molecule has 1 N–H and O–H groups in total. The Bertz CT molecular complexity index is 970. The van der Waals surface area contributed by atoms with E-state index in [4.69, 9.17) is 14.2 Å². The van der Waals surface area contributed by atoms with Crippen LogP contribution in [0, 0.1) is 0 Å². The first kappa shape index (κ1) is 19.5. The van der Waals surface area contributed by atoms with Gasteiger partial charge in [0.15, 0.2) is 17.6 Å². The Morgan fingerprint density at radius 3 is 2.29 bits per heavy atom. The molecule has 0 unspecified atom stereocenters. The van der Waals surface area contributed by atoms with Gasteiger partial charge in [-0.05, 0) is 54.4 Å². The molecule has 5 heteroatoms. The Kier molecular flexibility index (Phi) is 6.04. The first-order valence-electron chi connectivity index (χ1n) is 9.19. The summed E-state index contributed by atoms with van der Waals surface area (Å²) in [6, 6.07) is 19.2. The third-order valence-corrected chi connectivity index (χ3v) is 4.67. The van der Waals surface area contributed by atoms with Crippen LogP contribution >= 0.6 is 0 Å². The largest absolute Gasteiger partial charge is 0.493 e. The van der Waals surface area contributed by atoms with Gasteiger partial charge >= 0.3 is 0 Å². The van der Waals surface area contributed by atoms with Crippen LogP contribution < -0.4 is 19.5 Å². The number of carbonyl (C=O) groups excluding carboxylic acids is 1. The highest BCUT2D eigenvalue weighted by molar-refractivity contribution is 5.84. The van der Waals surface area contributed by atoms with Gasteiger partial charge < -0.3 is 19.5 Å². The van der Waals surface area contributed by atoms with E-state index >= 15 is 0 Å². The lowest BCUT2D eigenvalue weighted by Crippen LogP contribution is -2.37. The zero-order valence-corrected chi connectivity index (χ0v) is 16.6. The molecule has 0 bridgehead atoms. The summed E-state index contributed by atoms with van der Waals surface area (Å²) in [6.45, 7) is 3.66. The van der Waals surface area contributed by atoms with E-state index in [0.717, 1.165) is 16.3 Å². The highest BCUT2D eigenvalue weighted by atomic mass is 16.5. The van der Waals surface area contributed by atoms with Gasteiger partial charge in [0, 0.05) is 0 Å². The number of ether oxygens (including phenoxy) is 3. The van der Waals surface area contributed by atoms with Crippen LogP contribution in [0.1, 0.15) is 25.5 Å². The van der Waals surface area contributed by atoms with Gasteiger partial charge in [-0.3, -0.25) is 4.79 Å². The molecule has 0 spiro atoms. The van der Waals surface area contributed by atoms with Crippen LogP contribution in [0.4, 0.5) is 0 Å². The lowest BCUT2D eigenvalue weighted by molar-refractivity contribution is -0.127. The molecule has 0 radical (unpaired) electrons. The second-order valence-electron chi connectivity index (χ2n) is 6.61. The summed E-state index contributed by atoms with van der Waals surface area (Å²) in [7, 11) is 3.18. The molecule has 0 saturated heterocycles. The van der Waals surface area contributed by atoms with Crippen molar-refractivity contribution in [2.24, 2.45) is 0 Å². The predicted octanol–water partition coefficient (Wildman–Crippen LogP) is 4.50. The summed E-state index contributed by atoms with van der Waals surface area (Å²) in [4.78, 5) is 12.6. The van der Waals surface area contributed by atoms with E-state index in [-0.39, 0.29) is 11.9 Å². The van der Waals surface area contributed by atoms with E-state index in [2.05, 4.69) is 5.32 Å². The van der Waals surface area contributed by atoms with Crippen LogP contribution in [0.2, 0.25) is 0 Å². The standard InChI is InChI=1S/C23H25NO4/c1-15(18-10-12-21(26-3)22(14-18)27-4)24-23(25)16(2)28-20-11-9-17-7-5-6-8-19(17)13-20/h5-16H,1-4H3,(H,24,25)/t15-,16+/m0/s1. The van der Waals surface area contributed by atoms with Gasteiger partial charge in [-0.1, -0.05) is 36.4 Å². The Hall–Kier alpha value is -3.21. The molecule has 5 nitrogen and oxygen atoms in total. The van der Waals surface area contributed by atoms with Crippen molar-refractivity contribution in [3.8, 4) is 17.2 Å². The molecule has 1 amide bonds. The summed E-state index contributed by atoms with van der Waals surface area (Å²) in [6.07, 6.45) is -0.622. The van der Waals surface area contributed by atoms with E-state index in [1.165, 1.54) is 0 Å². The van der Waals surface area contributed by atoms with Gasteiger partial charge in [-0.2, -0.15) is 0 Å². The second kappa shape index (κ2) is 8.65. The SMILES string of the molecule is COc1ccc([C@H](C)NC(=O)[C@@H](C)Oc2ccc3ccccc3c2)cc1OC. The van der Waals surface area contributed by atoms with Gasteiger partial charge in [0.1, 0.15) is 5.75 Å². The first-order valence-corrected chi connectivity index (χ1v) is 9.19. The van der Waals surface area contributed by atoms with Crippen molar-refractivity contribution in [3.63, 3.8) is 0 Å². The van der Waals surface area contributed by atoms with Gasteiger partial charge in [-0.15, -0.1) is 0 Å². The van der Waals surface area contributed by atoms with E-state index in [1.54, 1.807) is 21.1 Å². The van der Waals surface area contributed by atoms with Crippen LogP contribution in [0.15, 0.2) is 60.7 Å². The zero-order valence-electron chi connectivity index (χ0n) is 16.6. The number of amides is 1. The number of rotatable bonds is 7. The fourth-order valence-corrected chi connectivity index (χ4v) is 3.03. The monoisotopic (exact) mass is 379 g/mol. The molecular weight excluding hydrogens is 354 g/mol. The van der Waals surface area contributed by atoms with Crippen molar-refractivity contribution in [1.29, 1.82) is 0 Å². The maximum Gasteiger partial charge on any atom is 0.261 e. The number of hydrogen-bond donors (Lipinski definition) is 1. The minimum atomic E-state index is -0.622. The molecule has 28 heavy (non-hydrogen) atoms. The number of nitrogens with one attached hydrogen (secondary N) is 1. The third kappa shape index (κ3) is 4.36. The highest BCUT2D eigenvalue weighted by Crippen LogP contribution is 2.30. The molecule has 0 heterocycles. The number of benzene rings is 3. The van der Waals surface area contributed by atoms with Gasteiger partial charge in [-0.25, -0.2) is 0 Å². The lowest BCUT2D eigenvalue weighted by Gasteiger charge is -2.20. The Morgan fingerprint density at radius 1 is 0.857 bits per heavy atom.